The van der Waals surface area contributed by atoms with E-state index in [0.717, 1.165) is 13.1 Å². The molecule has 0 aromatic rings. The van der Waals surface area contributed by atoms with Crippen molar-refractivity contribution in [1.82, 2.24) is 4.90 Å². The Hall–Kier alpha value is -0.0800. The van der Waals surface area contributed by atoms with Crippen molar-refractivity contribution in [2.75, 3.05) is 19.7 Å². The highest BCUT2D eigenvalue weighted by atomic mass is 16.3. The highest BCUT2D eigenvalue weighted by Crippen LogP contribution is 2.00. The molecular weight excluding hydrogens is 138 g/mol. The molecule has 0 amide bonds. The number of hydrogen-bond acceptors (Lipinski definition) is 2. The van der Waals surface area contributed by atoms with E-state index in [1.807, 2.05) is 0 Å². The number of nitrogens with zero attached hydrogens (tertiary/aromatic N) is 1. The van der Waals surface area contributed by atoms with E-state index in [9.17, 15) is 0 Å². The Morgan fingerprint density at radius 2 is 1.64 bits per heavy atom. The van der Waals surface area contributed by atoms with E-state index in [1.54, 1.807) is 0 Å². The van der Waals surface area contributed by atoms with Gasteiger partial charge in [0.2, 0.25) is 0 Å². The lowest BCUT2D eigenvalue weighted by molar-refractivity contribution is 0.134. The van der Waals surface area contributed by atoms with Crippen LogP contribution < -0.4 is 0 Å². The quantitative estimate of drug-likeness (QED) is 0.634. The number of hydrogen-bond donors (Lipinski definition) is 1. The molecule has 2 heteroatoms. The van der Waals surface area contributed by atoms with Crippen LogP contribution in [0.4, 0.5) is 0 Å². The summed E-state index contributed by atoms with van der Waals surface area (Å²) in [5, 5.41) is 8.92. The fourth-order valence-electron chi connectivity index (χ4n) is 1.24. The van der Waals surface area contributed by atoms with E-state index >= 15 is 0 Å². The predicted octanol–water partition coefficient (Wildman–Crippen LogP) is 1.49. The zero-order valence-electron chi connectivity index (χ0n) is 8.01. The third-order valence-electron chi connectivity index (χ3n) is 1.91. The van der Waals surface area contributed by atoms with Crippen LogP contribution in [0.25, 0.3) is 0 Å². The van der Waals surface area contributed by atoms with Crippen molar-refractivity contribution in [3.8, 4) is 0 Å². The molecule has 0 aromatic carbocycles. The van der Waals surface area contributed by atoms with Gasteiger partial charge in [-0.2, -0.15) is 0 Å². The Bertz CT molecular complexity index is 79.6. The van der Waals surface area contributed by atoms with Gasteiger partial charge in [0, 0.05) is 6.04 Å². The van der Waals surface area contributed by atoms with E-state index < -0.39 is 0 Å². The lowest BCUT2D eigenvalue weighted by Crippen LogP contribution is -2.36. The monoisotopic (exact) mass is 159 g/mol. The van der Waals surface area contributed by atoms with Crippen LogP contribution in [-0.2, 0) is 0 Å². The number of rotatable bonds is 6. The molecule has 0 saturated heterocycles. The molecule has 1 N–H and O–H groups in total. The smallest absolute Gasteiger partial charge is 0.0584 e. The molecule has 0 saturated carbocycles. The molecule has 2 nitrogen and oxygen atoms in total. The van der Waals surface area contributed by atoms with Crippen LogP contribution in [0.2, 0.25) is 0 Å². The Morgan fingerprint density at radius 3 is 1.91 bits per heavy atom. The lowest BCUT2D eigenvalue weighted by atomic mass is 10.2. The minimum atomic E-state index is 0.278. The molecule has 68 valence electrons. The maximum atomic E-state index is 8.92. The van der Waals surface area contributed by atoms with E-state index in [-0.39, 0.29) is 6.61 Å². The summed E-state index contributed by atoms with van der Waals surface area (Å²) < 4.78 is 0. The SMILES string of the molecule is CCCN(CCC)C(C)CO. The van der Waals surface area contributed by atoms with Crippen LogP contribution in [0.5, 0.6) is 0 Å². The Morgan fingerprint density at radius 1 is 1.18 bits per heavy atom. The minimum Gasteiger partial charge on any atom is -0.395 e. The van der Waals surface area contributed by atoms with Crippen molar-refractivity contribution in [2.24, 2.45) is 0 Å². The summed E-state index contributed by atoms with van der Waals surface area (Å²) >= 11 is 0. The summed E-state index contributed by atoms with van der Waals surface area (Å²) in [5.74, 6) is 0. The van der Waals surface area contributed by atoms with E-state index in [0.29, 0.717) is 6.04 Å². The second-order valence-electron chi connectivity index (χ2n) is 3.07. The van der Waals surface area contributed by atoms with E-state index in [2.05, 4.69) is 25.7 Å². The summed E-state index contributed by atoms with van der Waals surface area (Å²) in [6.07, 6.45) is 2.34. The first-order valence-corrected chi connectivity index (χ1v) is 4.61. The van der Waals surface area contributed by atoms with Gasteiger partial charge in [0.1, 0.15) is 0 Å². The van der Waals surface area contributed by atoms with Crippen LogP contribution in [0.1, 0.15) is 33.6 Å². The van der Waals surface area contributed by atoms with E-state index in [1.165, 1.54) is 12.8 Å². The average Bonchev–Trinajstić information content (AvgIpc) is 2.03. The standard InChI is InChI=1S/C9H21NO/c1-4-6-10(7-5-2)9(3)8-11/h9,11H,4-8H2,1-3H3. The molecule has 11 heavy (non-hydrogen) atoms. The third kappa shape index (κ3) is 4.38. The Balaban J connectivity index is 3.66. The molecule has 0 aromatic heterocycles. The van der Waals surface area contributed by atoms with Gasteiger partial charge in [-0.15, -0.1) is 0 Å². The molecule has 0 aliphatic carbocycles. The lowest BCUT2D eigenvalue weighted by Gasteiger charge is -2.26. The zero-order valence-corrected chi connectivity index (χ0v) is 8.01. The Kier molecular flexibility index (Phi) is 6.57. The van der Waals surface area contributed by atoms with Gasteiger partial charge in [-0.1, -0.05) is 13.8 Å². The summed E-state index contributed by atoms with van der Waals surface area (Å²) in [5.41, 5.74) is 0. The van der Waals surface area contributed by atoms with Crippen molar-refractivity contribution >= 4 is 0 Å². The molecule has 0 spiro atoms. The number of aliphatic hydroxyl groups excluding tert-OH is 1. The van der Waals surface area contributed by atoms with Crippen molar-refractivity contribution < 1.29 is 5.11 Å². The molecule has 0 rings (SSSR count). The van der Waals surface area contributed by atoms with Crippen LogP contribution in [0, 0.1) is 0 Å². The van der Waals surface area contributed by atoms with Crippen molar-refractivity contribution in [1.29, 1.82) is 0 Å². The normalized spacial score (nSPS) is 13.9. The van der Waals surface area contributed by atoms with Crippen LogP contribution in [0.15, 0.2) is 0 Å². The largest absolute Gasteiger partial charge is 0.395 e. The van der Waals surface area contributed by atoms with Crippen LogP contribution >= 0.6 is 0 Å². The summed E-state index contributed by atoms with van der Waals surface area (Å²) in [6.45, 7) is 8.91. The molecule has 0 heterocycles. The van der Waals surface area contributed by atoms with Crippen molar-refractivity contribution in [3.05, 3.63) is 0 Å². The summed E-state index contributed by atoms with van der Waals surface area (Å²) in [7, 11) is 0. The minimum absolute atomic E-state index is 0.278. The molecule has 0 fully saturated rings. The fraction of sp³-hybridized carbons (Fsp3) is 1.00. The fourth-order valence-corrected chi connectivity index (χ4v) is 1.24. The van der Waals surface area contributed by atoms with Gasteiger partial charge in [0.05, 0.1) is 6.61 Å². The van der Waals surface area contributed by atoms with Gasteiger partial charge in [0.25, 0.3) is 0 Å². The first-order valence-electron chi connectivity index (χ1n) is 4.61. The van der Waals surface area contributed by atoms with Crippen molar-refractivity contribution in [2.45, 2.75) is 39.7 Å². The van der Waals surface area contributed by atoms with Crippen LogP contribution in [-0.4, -0.2) is 35.7 Å². The molecule has 1 unspecified atom stereocenters. The maximum absolute atomic E-state index is 8.92. The second-order valence-corrected chi connectivity index (χ2v) is 3.07. The second kappa shape index (κ2) is 6.62. The van der Waals surface area contributed by atoms with Gasteiger partial charge in [-0.3, -0.25) is 4.90 Å². The van der Waals surface area contributed by atoms with E-state index in [4.69, 9.17) is 5.11 Å². The first kappa shape index (κ1) is 10.9. The Labute approximate surface area is 70.2 Å². The van der Waals surface area contributed by atoms with Gasteiger partial charge in [-0.25, -0.2) is 0 Å². The van der Waals surface area contributed by atoms with Crippen LogP contribution in [0.3, 0.4) is 0 Å². The molecular formula is C9H21NO. The van der Waals surface area contributed by atoms with Gasteiger partial charge in [-0.05, 0) is 32.9 Å². The average molecular weight is 159 g/mol. The zero-order chi connectivity index (χ0) is 8.69. The molecule has 0 aliphatic heterocycles. The van der Waals surface area contributed by atoms with Gasteiger partial charge >= 0.3 is 0 Å². The molecule has 0 radical (unpaired) electrons. The van der Waals surface area contributed by atoms with Crippen molar-refractivity contribution in [3.63, 3.8) is 0 Å². The van der Waals surface area contributed by atoms with Gasteiger partial charge in [0.15, 0.2) is 0 Å². The highest BCUT2D eigenvalue weighted by Gasteiger charge is 2.09. The summed E-state index contributed by atoms with van der Waals surface area (Å²) in [4.78, 5) is 2.33. The molecule has 0 aliphatic rings. The number of aliphatic hydroxyl groups is 1. The topological polar surface area (TPSA) is 23.5 Å². The molecule has 1 atom stereocenters. The first-order chi connectivity index (χ1) is 5.26. The predicted molar refractivity (Wildman–Crippen MR) is 48.7 cm³/mol. The van der Waals surface area contributed by atoms with Gasteiger partial charge < -0.3 is 5.11 Å². The summed E-state index contributed by atoms with van der Waals surface area (Å²) in [6, 6.07) is 0.329. The molecule has 0 bridgehead atoms. The highest BCUT2D eigenvalue weighted by molar-refractivity contribution is 4.64. The third-order valence-corrected chi connectivity index (χ3v) is 1.91. The maximum Gasteiger partial charge on any atom is 0.0584 e.